The Labute approximate surface area is 123 Å². The van der Waals surface area contributed by atoms with E-state index < -0.39 is 6.61 Å². The Bertz CT molecular complexity index is 602. The molecule has 0 amide bonds. The summed E-state index contributed by atoms with van der Waals surface area (Å²) in [6.07, 6.45) is 0.107. The first kappa shape index (κ1) is 15.2. The van der Waals surface area contributed by atoms with Crippen molar-refractivity contribution in [1.82, 2.24) is 4.98 Å². The summed E-state index contributed by atoms with van der Waals surface area (Å²) >= 11 is 1.33. The molecule has 1 heterocycles. The minimum Gasteiger partial charge on any atom is -0.469 e. The fourth-order valence-electron chi connectivity index (χ4n) is 1.51. The summed E-state index contributed by atoms with van der Waals surface area (Å²) < 4.78 is 32.9. The zero-order chi connectivity index (χ0) is 15.2. The molecule has 0 radical (unpaired) electrons. The van der Waals surface area contributed by atoms with Crippen molar-refractivity contribution >= 4 is 28.1 Å². The highest BCUT2D eigenvalue weighted by Gasteiger charge is 2.08. The second-order valence-electron chi connectivity index (χ2n) is 3.92. The third kappa shape index (κ3) is 4.67. The first-order chi connectivity index (χ1) is 10.1. The molecular weight excluding hydrogens is 302 g/mol. The quantitative estimate of drug-likeness (QED) is 0.830. The number of hydrogen-bond donors (Lipinski definition) is 1. The zero-order valence-corrected chi connectivity index (χ0v) is 11.8. The van der Waals surface area contributed by atoms with Crippen molar-refractivity contribution in [2.24, 2.45) is 0 Å². The molecule has 1 aromatic carbocycles. The lowest BCUT2D eigenvalue weighted by Crippen LogP contribution is -2.04. The number of anilines is 2. The van der Waals surface area contributed by atoms with Crippen LogP contribution in [0.2, 0.25) is 0 Å². The lowest BCUT2D eigenvalue weighted by molar-refractivity contribution is -0.139. The number of alkyl halides is 2. The van der Waals surface area contributed by atoms with Gasteiger partial charge in [0.25, 0.3) is 0 Å². The molecule has 112 valence electrons. The molecule has 2 rings (SSSR count). The Kier molecular flexibility index (Phi) is 5.04. The smallest absolute Gasteiger partial charge is 0.387 e. The van der Waals surface area contributed by atoms with Crippen molar-refractivity contribution in [2.45, 2.75) is 13.0 Å². The summed E-state index contributed by atoms with van der Waals surface area (Å²) in [5.74, 6) is -0.276. The Morgan fingerprint density at radius 1 is 1.38 bits per heavy atom. The Balaban J connectivity index is 1.96. The number of rotatable bonds is 6. The van der Waals surface area contributed by atoms with Gasteiger partial charge in [0.1, 0.15) is 5.75 Å². The fourth-order valence-corrected chi connectivity index (χ4v) is 2.24. The maximum absolute atomic E-state index is 12.0. The normalized spacial score (nSPS) is 10.5. The van der Waals surface area contributed by atoms with Crippen molar-refractivity contribution < 1.29 is 23.0 Å². The molecule has 0 bridgehead atoms. The van der Waals surface area contributed by atoms with Gasteiger partial charge in [-0.2, -0.15) is 8.78 Å². The van der Waals surface area contributed by atoms with Crippen molar-refractivity contribution in [2.75, 3.05) is 12.4 Å². The number of ether oxygens (including phenoxy) is 2. The van der Waals surface area contributed by atoms with E-state index in [2.05, 4.69) is 19.8 Å². The summed E-state index contributed by atoms with van der Waals surface area (Å²) in [5, 5.41) is 5.35. The molecule has 8 heteroatoms. The summed E-state index contributed by atoms with van der Waals surface area (Å²) in [7, 11) is 1.32. The minimum absolute atomic E-state index is 0.0843. The molecule has 0 spiro atoms. The molecule has 1 N–H and O–H groups in total. The van der Waals surface area contributed by atoms with Crippen LogP contribution in [-0.2, 0) is 16.0 Å². The second-order valence-corrected chi connectivity index (χ2v) is 4.78. The maximum atomic E-state index is 12.0. The number of aromatic nitrogens is 1. The summed E-state index contributed by atoms with van der Waals surface area (Å²) in [5.41, 5.74) is 1.28. The number of halogens is 2. The van der Waals surface area contributed by atoms with E-state index in [0.717, 1.165) is 0 Å². The summed E-state index contributed by atoms with van der Waals surface area (Å²) in [4.78, 5) is 15.3. The highest BCUT2D eigenvalue weighted by Crippen LogP contribution is 2.23. The van der Waals surface area contributed by atoms with Gasteiger partial charge in [-0.25, -0.2) is 4.98 Å². The molecule has 1 aromatic heterocycles. The number of esters is 1. The number of nitrogens with one attached hydrogen (secondary N) is 1. The minimum atomic E-state index is -2.84. The fraction of sp³-hybridized carbons (Fsp3) is 0.231. The van der Waals surface area contributed by atoms with Crippen LogP contribution in [0, 0.1) is 0 Å². The second kappa shape index (κ2) is 6.98. The van der Waals surface area contributed by atoms with Crippen LogP contribution in [-0.4, -0.2) is 24.7 Å². The molecule has 0 atom stereocenters. The van der Waals surface area contributed by atoms with Crippen molar-refractivity contribution in [3.05, 3.63) is 35.3 Å². The molecule has 0 unspecified atom stereocenters. The molecule has 0 aliphatic heterocycles. The van der Waals surface area contributed by atoms with Crippen LogP contribution in [0.5, 0.6) is 5.75 Å². The standard InChI is InChI=1S/C13H12F2N2O3S/c1-19-11(18)6-9-7-21-13(17-9)16-8-2-4-10(5-3-8)20-12(14)15/h2-5,7,12H,6H2,1H3,(H,16,17). The molecule has 0 aliphatic carbocycles. The van der Waals surface area contributed by atoms with Crippen molar-refractivity contribution in [1.29, 1.82) is 0 Å². The van der Waals surface area contributed by atoms with Gasteiger partial charge in [-0.05, 0) is 24.3 Å². The zero-order valence-electron chi connectivity index (χ0n) is 11.0. The van der Waals surface area contributed by atoms with Crippen LogP contribution in [0.15, 0.2) is 29.6 Å². The molecule has 0 fully saturated rings. The van der Waals surface area contributed by atoms with Crippen LogP contribution >= 0.6 is 11.3 Å². The van der Waals surface area contributed by atoms with E-state index >= 15 is 0 Å². The van der Waals surface area contributed by atoms with Crippen LogP contribution in [0.1, 0.15) is 5.69 Å². The SMILES string of the molecule is COC(=O)Cc1csc(Nc2ccc(OC(F)F)cc2)n1. The van der Waals surface area contributed by atoms with E-state index in [9.17, 15) is 13.6 Å². The predicted octanol–water partition coefficient (Wildman–Crippen LogP) is 3.20. The van der Waals surface area contributed by atoms with E-state index in [1.807, 2.05) is 0 Å². The molecule has 0 saturated heterocycles. The van der Waals surface area contributed by atoms with Gasteiger partial charge in [-0.15, -0.1) is 11.3 Å². The van der Waals surface area contributed by atoms with Gasteiger partial charge in [-0.1, -0.05) is 0 Å². The van der Waals surface area contributed by atoms with E-state index in [4.69, 9.17) is 0 Å². The largest absolute Gasteiger partial charge is 0.469 e. The Hall–Kier alpha value is -2.22. The van der Waals surface area contributed by atoms with E-state index in [1.165, 1.54) is 30.6 Å². The molecule has 0 saturated carbocycles. The highest BCUT2D eigenvalue weighted by molar-refractivity contribution is 7.13. The summed E-state index contributed by atoms with van der Waals surface area (Å²) in [6.45, 7) is -2.84. The van der Waals surface area contributed by atoms with Crippen LogP contribution in [0.25, 0.3) is 0 Å². The Morgan fingerprint density at radius 2 is 2.10 bits per heavy atom. The average molecular weight is 314 g/mol. The number of carbonyl (C=O) groups is 1. The lowest BCUT2D eigenvalue weighted by atomic mass is 10.3. The number of benzene rings is 1. The maximum Gasteiger partial charge on any atom is 0.387 e. The van der Waals surface area contributed by atoms with Crippen LogP contribution in [0.3, 0.4) is 0 Å². The van der Waals surface area contributed by atoms with E-state index in [0.29, 0.717) is 16.5 Å². The molecule has 0 aliphatic rings. The van der Waals surface area contributed by atoms with Gasteiger partial charge in [-0.3, -0.25) is 4.79 Å². The third-order valence-electron chi connectivity index (χ3n) is 2.44. The number of hydrogen-bond acceptors (Lipinski definition) is 6. The van der Waals surface area contributed by atoms with Gasteiger partial charge < -0.3 is 14.8 Å². The third-order valence-corrected chi connectivity index (χ3v) is 3.24. The Morgan fingerprint density at radius 3 is 2.71 bits per heavy atom. The summed E-state index contributed by atoms with van der Waals surface area (Å²) in [6, 6.07) is 6.05. The number of thiazole rings is 1. The van der Waals surface area contributed by atoms with Gasteiger partial charge in [0.05, 0.1) is 19.2 Å². The molecular formula is C13H12F2N2O3S. The van der Waals surface area contributed by atoms with Gasteiger partial charge >= 0.3 is 12.6 Å². The first-order valence-electron chi connectivity index (χ1n) is 5.90. The van der Waals surface area contributed by atoms with E-state index in [-0.39, 0.29) is 18.1 Å². The van der Waals surface area contributed by atoms with Crippen molar-refractivity contribution in [3.63, 3.8) is 0 Å². The van der Waals surface area contributed by atoms with Crippen LogP contribution in [0.4, 0.5) is 19.6 Å². The molecule has 5 nitrogen and oxygen atoms in total. The van der Waals surface area contributed by atoms with Gasteiger partial charge in [0, 0.05) is 11.1 Å². The number of nitrogens with zero attached hydrogens (tertiary/aromatic N) is 1. The average Bonchev–Trinajstić information content (AvgIpc) is 2.87. The van der Waals surface area contributed by atoms with E-state index in [1.54, 1.807) is 17.5 Å². The van der Waals surface area contributed by atoms with Crippen LogP contribution < -0.4 is 10.1 Å². The topological polar surface area (TPSA) is 60.5 Å². The molecule has 2 aromatic rings. The molecule has 21 heavy (non-hydrogen) atoms. The number of methoxy groups -OCH3 is 1. The lowest BCUT2D eigenvalue weighted by Gasteiger charge is -2.06. The predicted molar refractivity (Wildman–Crippen MR) is 74.2 cm³/mol. The monoisotopic (exact) mass is 314 g/mol. The first-order valence-corrected chi connectivity index (χ1v) is 6.78. The highest BCUT2D eigenvalue weighted by atomic mass is 32.1. The van der Waals surface area contributed by atoms with Crippen molar-refractivity contribution in [3.8, 4) is 5.75 Å². The number of carbonyl (C=O) groups excluding carboxylic acids is 1. The van der Waals surface area contributed by atoms with Gasteiger partial charge in [0.2, 0.25) is 0 Å². The van der Waals surface area contributed by atoms with Gasteiger partial charge in [0.15, 0.2) is 5.13 Å².